The van der Waals surface area contributed by atoms with Gasteiger partial charge in [-0.05, 0) is 30.9 Å². The Kier molecular flexibility index (Phi) is 7.38. The van der Waals surface area contributed by atoms with Gasteiger partial charge in [0.2, 0.25) is 0 Å². The van der Waals surface area contributed by atoms with E-state index in [4.69, 9.17) is 0 Å². The van der Waals surface area contributed by atoms with Crippen molar-refractivity contribution >= 4 is 0 Å². The molecule has 0 atom stereocenters. The van der Waals surface area contributed by atoms with Gasteiger partial charge in [-0.15, -0.1) is 0 Å². The van der Waals surface area contributed by atoms with Crippen molar-refractivity contribution in [1.29, 1.82) is 0 Å². The molecule has 0 fully saturated rings. The molecule has 0 radical (unpaired) electrons. The van der Waals surface area contributed by atoms with Gasteiger partial charge in [-0.25, -0.2) is 0 Å². The second-order valence-electron chi connectivity index (χ2n) is 3.29. The van der Waals surface area contributed by atoms with E-state index >= 15 is 0 Å². The topological polar surface area (TPSA) is 0 Å². The number of unbranched alkanes of at least 4 members (excludes halogenated alkanes) is 1. The summed E-state index contributed by atoms with van der Waals surface area (Å²) in [5.74, 6) is 0. The van der Waals surface area contributed by atoms with Crippen molar-refractivity contribution < 1.29 is 0 Å². The Hall–Kier alpha value is -0.780. The number of hydrogen-bond donors (Lipinski definition) is 0. The molecule has 13 heavy (non-hydrogen) atoms. The minimum absolute atomic E-state index is 1.14. The van der Waals surface area contributed by atoms with Gasteiger partial charge < -0.3 is 0 Å². The Morgan fingerprint density at radius 1 is 1.38 bits per heavy atom. The first kappa shape index (κ1) is 12.2. The van der Waals surface area contributed by atoms with Gasteiger partial charge in [0.05, 0.1) is 0 Å². The van der Waals surface area contributed by atoms with Gasteiger partial charge in [0, 0.05) is 0 Å². The fourth-order valence-corrected chi connectivity index (χ4v) is 1.03. The third-order valence-corrected chi connectivity index (χ3v) is 2.13. The molecule has 0 heteroatoms. The van der Waals surface area contributed by atoms with Crippen molar-refractivity contribution in [2.75, 3.05) is 0 Å². The van der Waals surface area contributed by atoms with Gasteiger partial charge in [-0.1, -0.05) is 51.5 Å². The zero-order valence-corrected chi connectivity index (χ0v) is 9.27. The Bertz CT molecular complexity index is 192. The van der Waals surface area contributed by atoms with Crippen LogP contribution in [0.2, 0.25) is 0 Å². The monoisotopic (exact) mass is 178 g/mol. The molecule has 74 valence electrons. The molecule has 0 heterocycles. The minimum Gasteiger partial charge on any atom is -0.0952 e. The number of allylic oxidation sites excluding steroid dienone is 5. The van der Waals surface area contributed by atoms with E-state index in [1.54, 1.807) is 0 Å². The van der Waals surface area contributed by atoms with Crippen molar-refractivity contribution in [3.05, 3.63) is 36.0 Å². The highest BCUT2D eigenvalue weighted by Gasteiger charge is 2.00. The molecule has 1 rings (SSSR count). The molecular weight excluding hydrogens is 156 g/mol. The van der Waals surface area contributed by atoms with Crippen molar-refractivity contribution in [3.63, 3.8) is 0 Å². The summed E-state index contributed by atoms with van der Waals surface area (Å²) in [6.07, 6.45) is 11.4. The summed E-state index contributed by atoms with van der Waals surface area (Å²) in [7, 11) is 0. The quantitative estimate of drug-likeness (QED) is 0.548. The number of rotatable bonds is 1. The van der Waals surface area contributed by atoms with E-state index in [1.807, 2.05) is 0 Å². The predicted molar refractivity (Wildman–Crippen MR) is 61.9 cm³/mol. The lowest BCUT2D eigenvalue weighted by Gasteiger charge is -2.08. The van der Waals surface area contributed by atoms with Crippen LogP contribution >= 0.6 is 0 Å². The summed E-state index contributed by atoms with van der Waals surface area (Å²) in [6.45, 7) is 10.4. The van der Waals surface area contributed by atoms with Gasteiger partial charge in [-0.3, -0.25) is 0 Å². The van der Waals surface area contributed by atoms with E-state index in [0.717, 1.165) is 12.8 Å². The van der Waals surface area contributed by atoms with E-state index in [2.05, 4.69) is 45.6 Å². The minimum atomic E-state index is 1.14. The fraction of sp³-hybridized carbons (Fsp3) is 0.538. The second kappa shape index (κ2) is 7.85. The summed E-state index contributed by atoms with van der Waals surface area (Å²) in [4.78, 5) is 0. The highest BCUT2D eigenvalue weighted by Crippen LogP contribution is 2.20. The first-order valence-electron chi connectivity index (χ1n) is 5.27. The molecule has 0 aromatic heterocycles. The molecule has 0 saturated carbocycles. The Morgan fingerprint density at radius 2 is 2.00 bits per heavy atom. The highest BCUT2D eigenvalue weighted by molar-refractivity contribution is 5.39. The maximum absolute atomic E-state index is 3.95. The Morgan fingerprint density at radius 3 is 2.31 bits per heavy atom. The molecule has 0 spiro atoms. The summed E-state index contributed by atoms with van der Waals surface area (Å²) in [5, 5.41) is 0. The molecule has 0 aromatic carbocycles. The third kappa shape index (κ3) is 5.46. The van der Waals surface area contributed by atoms with Gasteiger partial charge in [0.25, 0.3) is 0 Å². The van der Waals surface area contributed by atoms with Gasteiger partial charge in [-0.2, -0.15) is 0 Å². The van der Waals surface area contributed by atoms with Crippen LogP contribution in [0.3, 0.4) is 0 Å². The van der Waals surface area contributed by atoms with Gasteiger partial charge in [0.15, 0.2) is 0 Å². The van der Waals surface area contributed by atoms with E-state index < -0.39 is 0 Å². The van der Waals surface area contributed by atoms with Crippen molar-refractivity contribution in [2.24, 2.45) is 0 Å². The van der Waals surface area contributed by atoms with Crippen molar-refractivity contribution in [1.82, 2.24) is 0 Å². The van der Waals surface area contributed by atoms with E-state index in [0.29, 0.717) is 0 Å². The molecule has 1 aliphatic carbocycles. The van der Waals surface area contributed by atoms with Gasteiger partial charge >= 0.3 is 0 Å². The first-order valence-corrected chi connectivity index (χ1v) is 5.27. The van der Waals surface area contributed by atoms with Crippen LogP contribution in [0, 0.1) is 0 Å². The molecular formula is C13H22. The smallest absolute Gasteiger partial charge is 0.0244 e. The van der Waals surface area contributed by atoms with Crippen LogP contribution in [-0.4, -0.2) is 0 Å². The van der Waals surface area contributed by atoms with E-state index in [9.17, 15) is 0 Å². The van der Waals surface area contributed by atoms with E-state index in [1.165, 1.54) is 24.0 Å². The second-order valence-corrected chi connectivity index (χ2v) is 3.29. The van der Waals surface area contributed by atoms with Crippen molar-refractivity contribution in [2.45, 2.75) is 46.5 Å². The van der Waals surface area contributed by atoms with Gasteiger partial charge in [0.1, 0.15) is 0 Å². The van der Waals surface area contributed by atoms with E-state index in [-0.39, 0.29) is 0 Å². The van der Waals surface area contributed by atoms with Crippen molar-refractivity contribution in [3.8, 4) is 0 Å². The maximum Gasteiger partial charge on any atom is -0.0244 e. The molecule has 0 aromatic rings. The fourth-order valence-electron chi connectivity index (χ4n) is 1.03. The van der Waals surface area contributed by atoms with Crippen LogP contribution in [0.5, 0.6) is 0 Å². The normalized spacial score (nSPS) is 18.4. The van der Waals surface area contributed by atoms with Crippen LogP contribution in [-0.2, 0) is 0 Å². The lowest BCUT2D eigenvalue weighted by molar-refractivity contribution is 0.886. The van der Waals surface area contributed by atoms with Crippen LogP contribution < -0.4 is 0 Å². The Balaban J connectivity index is 0.000000310. The zero-order valence-electron chi connectivity index (χ0n) is 9.27. The van der Waals surface area contributed by atoms with Crippen LogP contribution in [0.25, 0.3) is 0 Å². The molecule has 0 aliphatic heterocycles. The molecule has 1 aliphatic rings. The Labute approximate surface area is 83.0 Å². The summed E-state index contributed by atoms with van der Waals surface area (Å²) in [6, 6.07) is 0. The number of hydrogen-bond acceptors (Lipinski definition) is 0. The lowest BCUT2D eigenvalue weighted by Crippen LogP contribution is -1.89. The summed E-state index contributed by atoms with van der Waals surface area (Å²) < 4.78 is 0. The molecule has 0 N–H and O–H groups in total. The average Bonchev–Trinajstić information content (AvgIpc) is 2.19. The molecule has 0 unspecified atom stereocenters. The molecule has 0 amide bonds. The zero-order chi connectivity index (χ0) is 10.1. The standard InChI is InChI=1S/C9H12.C4H10/c1-3-9-7-5-4-6-8(9)2;1-3-4-2/h3,5,7H,2,4,6H2,1H3;3-4H2,1-2H3/b9-3-;. The lowest BCUT2D eigenvalue weighted by atomic mass is 9.97. The first-order chi connectivity index (χ1) is 6.26. The highest BCUT2D eigenvalue weighted by atomic mass is 14.1. The van der Waals surface area contributed by atoms with Crippen LogP contribution in [0.1, 0.15) is 46.5 Å². The van der Waals surface area contributed by atoms with Crippen LogP contribution in [0.15, 0.2) is 36.0 Å². The maximum atomic E-state index is 3.95. The average molecular weight is 178 g/mol. The summed E-state index contributed by atoms with van der Waals surface area (Å²) in [5.41, 5.74) is 2.58. The largest absolute Gasteiger partial charge is 0.0952 e. The molecule has 0 saturated heterocycles. The molecule has 0 bridgehead atoms. The third-order valence-electron chi connectivity index (χ3n) is 2.13. The molecule has 0 nitrogen and oxygen atoms in total. The SMILES string of the molecule is C=C1CCC=C/C1=C/C.CCCC. The van der Waals surface area contributed by atoms with Crippen LogP contribution in [0.4, 0.5) is 0 Å². The predicted octanol–water partition coefficient (Wildman–Crippen LogP) is 4.65. The summed E-state index contributed by atoms with van der Waals surface area (Å²) >= 11 is 0.